The lowest BCUT2D eigenvalue weighted by molar-refractivity contribution is 0.135. The van der Waals surface area contributed by atoms with E-state index in [9.17, 15) is 0 Å². The molecule has 0 unspecified atom stereocenters. The van der Waals surface area contributed by atoms with E-state index >= 15 is 0 Å². The summed E-state index contributed by atoms with van der Waals surface area (Å²) in [7, 11) is 0. The van der Waals surface area contributed by atoms with Crippen LogP contribution in [0.15, 0.2) is 0 Å². The predicted octanol–water partition coefficient (Wildman–Crippen LogP) is 5.08. The molecule has 0 N–H and O–H groups in total. The molecule has 0 saturated heterocycles. The minimum absolute atomic E-state index is 0.524. The zero-order chi connectivity index (χ0) is 13.5. The monoisotopic (exact) mass is 253 g/mol. The molecule has 0 heterocycles. The molecule has 0 aliphatic carbocycles. The highest BCUT2D eigenvalue weighted by Crippen LogP contribution is 2.12. The number of unbranched alkanes of at least 4 members (excludes halogenated alkanes) is 7. The second kappa shape index (κ2) is 14.5. The van der Waals surface area contributed by atoms with E-state index in [4.69, 9.17) is 10.00 Å². The minimum Gasteiger partial charge on any atom is -0.380 e. The lowest BCUT2D eigenvalue weighted by Gasteiger charge is -2.04. The third kappa shape index (κ3) is 15.4. The maximum atomic E-state index is 8.33. The number of nitrogens with zero attached hydrogens (tertiary/aromatic N) is 1. The molecule has 0 bridgehead atoms. The van der Waals surface area contributed by atoms with Gasteiger partial charge in [-0.2, -0.15) is 5.26 Å². The lowest BCUT2D eigenvalue weighted by Crippen LogP contribution is -1.95. The average Bonchev–Trinajstić information content (AvgIpc) is 2.34. The summed E-state index contributed by atoms with van der Waals surface area (Å²) in [5, 5.41) is 8.33. The van der Waals surface area contributed by atoms with Crippen molar-refractivity contribution in [3.63, 3.8) is 0 Å². The summed E-state index contributed by atoms with van der Waals surface area (Å²) < 4.78 is 5.33. The van der Waals surface area contributed by atoms with Gasteiger partial charge in [0.1, 0.15) is 0 Å². The molecule has 2 heteroatoms. The van der Waals surface area contributed by atoms with Gasteiger partial charge in [0.15, 0.2) is 0 Å². The van der Waals surface area contributed by atoms with Crippen LogP contribution in [0.1, 0.15) is 78.1 Å². The van der Waals surface area contributed by atoms with Crippen LogP contribution in [0.25, 0.3) is 0 Å². The Kier molecular flexibility index (Phi) is 14.1. The maximum Gasteiger partial charge on any atom is 0.0645 e. The molecular formula is C16H31NO. The van der Waals surface area contributed by atoms with E-state index in [-0.39, 0.29) is 0 Å². The molecule has 0 aliphatic rings. The number of ether oxygens (including phenoxy) is 1. The van der Waals surface area contributed by atoms with Crippen LogP contribution >= 0.6 is 0 Å². The fourth-order valence-electron chi connectivity index (χ4n) is 2.04. The highest BCUT2D eigenvalue weighted by molar-refractivity contribution is 4.66. The molecule has 0 atom stereocenters. The van der Waals surface area contributed by atoms with Crippen LogP contribution in [-0.2, 0) is 4.74 Å². The van der Waals surface area contributed by atoms with E-state index in [0.717, 1.165) is 18.9 Å². The fraction of sp³-hybridized carbons (Fsp3) is 0.938. The molecule has 0 radical (unpaired) electrons. The molecule has 0 saturated carbocycles. The summed E-state index contributed by atoms with van der Waals surface area (Å²) in [6.45, 7) is 6.04. The summed E-state index contributed by atoms with van der Waals surface area (Å²) in [6.07, 6.45) is 12.7. The fourth-order valence-corrected chi connectivity index (χ4v) is 2.04. The Morgan fingerprint density at radius 3 is 1.94 bits per heavy atom. The van der Waals surface area contributed by atoms with Crippen molar-refractivity contribution in [3.05, 3.63) is 0 Å². The van der Waals surface area contributed by atoms with E-state index < -0.39 is 0 Å². The topological polar surface area (TPSA) is 33.0 Å². The Morgan fingerprint density at radius 1 is 0.833 bits per heavy atom. The third-order valence-electron chi connectivity index (χ3n) is 3.18. The van der Waals surface area contributed by atoms with E-state index in [2.05, 4.69) is 19.9 Å². The first kappa shape index (κ1) is 17.4. The van der Waals surface area contributed by atoms with Crippen molar-refractivity contribution in [2.45, 2.75) is 78.1 Å². The molecule has 0 aromatic heterocycles. The van der Waals surface area contributed by atoms with Gasteiger partial charge in [0.25, 0.3) is 0 Å². The summed E-state index contributed by atoms with van der Waals surface area (Å²) in [5.74, 6) is 0.867. The minimum atomic E-state index is 0.524. The van der Waals surface area contributed by atoms with Gasteiger partial charge in [0.2, 0.25) is 0 Å². The van der Waals surface area contributed by atoms with Gasteiger partial charge in [-0.3, -0.25) is 0 Å². The smallest absolute Gasteiger partial charge is 0.0645 e. The summed E-state index contributed by atoms with van der Waals surface area (Å²) in [6, 6.07) is 2.09. The summed E-state index contributed by atoms with van der Waals surface area (Å²) in [5.41, 5.74) is 0. The Bertz CT molecular complexity index is 196. The van der Waals surface area contributed by atoms with Crippen molar-refractivity contribution in [2.75, 3.05) is 13.2 Å². The molecule has 0 rings (SSSR count). The van der Waals surface area contributed by atoms with Crippen molar-refractivity contribution < 1.29 is 4.74 Å². The van der Waals surface area contributed by atoms with Gasteiger partial charge in [0.05, 0.1) is 19.1 Å². The van der Waals surface area contributed by atoms with Gasteiger partial charge in [-0.15, -0.1) is 0 Å². The van der Waals surface area contributed by atoms with Crippen LogP contribution in [0.5, 0.6) is 0 Å². The van der Waals surface area contributed by atoms with E-state index in [1.807, 2.05) is 0 Å². The molecule has 2 nitrogen and oxygen atoms in total. The average molecular weight is 253 g/mol. The highest BCUT2D eigenvalue weighted by Gasteiger charge is 1.95. The van der Waals surface area contributed by atoms with Crippen LogP contribution in [0.3, 0.4) is 0 Å². The van der Waals surface area contributed by atoms with E-state index in [0.29, 0.717) is 13.0 Å². The van der Waals surface area contributed by atoms with Crippen molar-refractivity contribution in [3.8, 4) is 6.07 Å². The summed E-state index contributed by atoms with van der Waals surface area (Å²) in [4.78, 5) is 0. The van der Waals surface area contributed by atoms with Crippen LogP contribution in [-0.4, -0.2) is 13.2 Å². The van der Waals surface area contributed by atoms with Crippen molar-refractivity contribution in [1.29, 1.82) is 5.26 Å². The first-order valence-corrected chi connectivity index (χ1v) is 7.72. The van der Waals surface area contributed by atoms with Gasteiger partial charge in [-0.25, -0.2) is 0 Å². The highest BCUT2D eigenvalue weighted by atomic mass is 16.5. The maximum absolute atomic E-state index is 8.33. The van der Waals surface area contributed by atoms with Gasteiger partial charge in [0, 0.05) is 6.61 Å². The van der Waals surface area contributed by atoms with Crippen molar-refractivity contribution in [1.82, 2.24) is 0 Å². The normalized spacial score (nSPS) is 10.8. The van der Waals surface area contributed by atoms with Gasteiger partial charge in [-0.05, 0) is 12.3 Å². The van der Waals surface area contributed by atoms with E-state index in [1.54, 1.807) is 0 Å². The number of hydrogen-bond acceptors (Lipinski definition) is 2. The van der Waals surface area contributed by atoms with Gasteiger partial charge in [-0.1, -0.05) is 65.2 Å². The molecule has 0 amide bonds. The molecule has 18 heavy (non-hydrogen) atoms. The number of rotatable bonds is 13. The first-order chi connectivity index (χ1) is 8.77. The summed E-state index contributed by atoms with van der Waals surface area (Å²) >= 11 is 0. The number of nitriles is 1. The Morgan fingerprint density at radius 2 is 1.39 bits per heavy atom. The largest absolute Gasteiger partial charge is 0.380 e. The molecule has 0 aromatic rings. The zero-order valence-electron chi connectivity index (χ0n) is 12.4. The first-order valence-electron chi connectivity index (χ1n) is 7.72. The van der Waals surface area contributed by atoms with Crippen LogP contribution in [0, 0.1) is 17.2 Å². The Labute approximate surface area is 114 Å². The van der Waals surface area contributed by atoms with Gasteiger partial charge >= 0.3 is 0 Å². The van der Waals surface area contributed by atoms with Crippen LogP contribution in [0.4, 0.5) is 0 Å². The molecule has 0 aliphatic heterocycles. The molecule has 0 spiro atoms. The zero-order valence-corrected chi connectivity index (χ0v) is 12.4. The van der Waals surface area contributed by atoms with Crippen LogP contribution in [0.2, 0.25) is 0 Å². The predicted molar refractivity (Wildman–Crippen MR) is 77.4 cm³/mol. The number of hydrogen-bond donors (Lipinski definition) is 0. The Hall–Kier alpha value is -0.550. The second-order valence-corrected chi connectivity index (χ2v) is 5.53. The SMILES string of the molecule is CC(C)CCCCCCCCCCOCCC#N. The molecule has 0 fully saturated rings. The van der Waals surface area contributed by atoms with Crippen molar-refractivity contribution >= 4 is 0 Å². The van der Waals surface area contributed by atoms with Crippen molar-refractivity contribution in [2.24, 2.45) is 5.92 Å². The lowest BCUT2D eigenvalue weighted by atomic mass is 10.0. The molecule has 106 valence electrons. The standard InChI is InChI=1S/C16H31NO/c1-16(2)12-9-7-5-3-4-6-8-10-14-18-15-11-13-17/h16H,3-12,14-15H2,1-2H3. The Balaban J connectivity index is 2.93. The van der Waals surface area contributed by atoms with Gasteiger partial charge < -0.3 is 4.74 Å². The second-order valence-electron chi connectivity index (χ2n) is 5.53. The third-order valence-corrected chi connectivity index (χ3v) is 3.18. The quantitative estimate of drug-likeness (QED) is 0.429. The molecule has 0 aromatic carbocycles. The van der Waals surface area contributed by atoms with Crippen LogP contribution < -0.4 is 0 Å². The van der Waals surface area contributed by atoms with E-state index in [1.165, 1.54) is 51.4 Å². The molecular weight excluding hydrogens is 222 g/mol.